The second-order valence-electron chi connectivity index (χ2n) is 9.76. The quantitative estimate of drug-likeness (QED) is 0.567. The summed E-state index contributed by atoms with van der Waals surface area (Å²) in [5, 5.41) is 10.9. The van der Waals surface area contributed by atoms with Gasteiger partial charge in [0, 0.05) is 24.2 Å². The van der Waals surface area contributed by atoms with Crippen LogP contribution in [0.4, 0.5) is 0 Å². The smallest absolute Gasteiger partial charge is 0.218 e. The fraction of sp³-hybridized carbons (Fsp3) is 0.900. The summed E-state index contributed by atoms with van der Waals surface area (Å²) in [5.74, 6) is 1.09. The third-order valence-corrected chi connectivity index (χ3v) is 9.82. The molecule has 26 heavy (non-hydrogen) atoms. The molecule has 0 radical (unpaired) electrons. The molecule has 1 N–H and O–H groups in total. The molecule has 4 aliphatic carbocycles. The van der Waals surface area contributed by atoms with Crippen LogP contribution in [-0.2, 0) is 9.59 Å². The Morgan fingerprint density at radius 3 is 2.38 bits per heavy atom. The first-order chi connectivity index (χ1) is 11.9. The van der Waals surface area contributed by atoms with Gasteiger partial charge >= 0.3 is 0 Å². The van der Waals surface area contributed by atoms with Gasteiger partial charge in [-0.25, -0.2) is 0 Å². The number of alkyl halides is 3. The fourth-order valence-corrected chi connectivity index (χ4v) is 7.47. The van der Waals surface area contributed by atoms with Crippen LogP contribution in [0.15, 0.2) is 0 Å². The molecule has 0 unspecified atom stereocenters. The van der Waals surface area contributed by atoms with Crippen LogP contribution in [0.1, 0.15) is 65.2 Å². The highest BCUT2D eigenvalue weighted by atomic mass is 35.6. The van der Waals surface area contributed by atoms with Crippen molar-refractivity contribution in [2.24, 2.45) is 34.5 Å². The molecule has 0 amide bonds. The maximum atomic E-state index is 13.2. The summed E-state index contributed by atoms with van der Waals surface area (Å²) in [6.07, 6.45) is 5.24. The zero-order valence-electron chi connectivity index (χ0n) is 15.4. The van der Waals surface area contributed by atoms with Crippen molar-refractivity contribution in [1.29, 1.82) is 0 Å². The van der Waals surface area contributed by atoms with Gasteiger partial charge in [-0.05, 0) is 61.7 Å². The van der Waals surface area contributed by atoms with E-state index in [-0.39, 0.29) is 40.3 Å². The van der Waals surface area contributed by atoms with E-state index < -0.39 is 9.39 Å². The Morgan fingerprint density at radius 1 is 1.04 bits per heavy atom. The number of carbonyl (C=O) groups excluding carboxylic acids is 2. The number of ketones is 2. The molecule has 0 aromatic carbocycles. The van der Waals surface area contributed by atoms with Crippen LogP contribution < -0.4 is 0 Å². The van der Waals surface area contributed by atoms with Crippen LogP contribution >= 0.6 is 34.8 Å². The van der Waals surface area contributed by atoms with E-state index in [2.05, 4.69) is 13.8 Å². The number of hydrogen-bond acceptors (Lipinski definition) is 3. The number of fused-ring (bicyclic) bond motifs is 5. The van der Waals surface area contributed by atoms with Gasteiger partial charge in [-0.2, -0.15) is 0 Å². The van der Waals surface area contributed by atoms with Crippen molar-refractivity contribution in [2.45, 2.75) is 74.6 Å². The highest BCUT2D eigenvalue weighted by molar-refractivity contribution is 6.68. The minimum Gasteiger partial charge on any atom is -0.385 e. The first-order valence-electron chi connectivity index (χ1n) is 9.77. The molecule has 0 bridgehead atoms. The first-order valence-corrected chi connectivity index (χ1v) is 10.9. The monoisotopic (exact) mass is 420 g/mol. The van der Waals surface area contributed by atoms with Gasteiger partial charge in [0.05, 0.1) is 0 Å². The summed E-state index contributed by atoms with van der Waals surface area (Å²) < 4.78 is -1.74. The zero-order chi connectivity index (χ0) is 19.1. The highest BCUT2D eigenvalue weighted by Gasteiger charge is 2.65. The lowest BCUT2D eigenvalue weighted by Gasteiger charge is -2.61. The standard InChI is InChI=1S/C20H27Cl3O3/c1-17-7-8-19(26,20(21,22)23)10-11(17)9-14(24)16-12-3-4-15(25)18(12,2)6-5-13(16)17/h11-13,16,26H,3-10H2,1-2H3/t11-,12+,13+,16+,17+,18+,19-/m1/s1. The van der Waals surface area contributed by atoms with E-state index in [9.17, 15) is 14.7 Å². The molecule has 0 spiro atoms. The van der Waals surface area contributed by atoms with Crippen molar-refractivity contribution < 1.29 is 14.7 Å². The van der Waals surface area contributed by atoms with Crippen molar-refractivity contribution in [1.82, 2.24) is 0 Å². The Kier molecular flexibility index (Phi) is 4.38. The predicted molar refractivity (Wildman–Crippen MR) is 102 cm³/mol. The normalized spacial score (nSPS) is 51.6. The van der Waals surface area contributed by atoms with E-state index in [1.165, 1.54) is 0 Å². The summed E-state index contributed by atoms with van der Waals surface area (Å²) in [7, 11) is 0. The van der Waals surface area contributed by atoms with Gasteiger partial charge in [0.15, 0.2) is 0 Å². The highest BCUT2D eigenvalue weighted by Crippen LogP contribution is 2.66. The van der Waals surface area contributed by atoms with Gasteiger partial charge in [0.1, 0.15) is 17.2 Å². The molecule has 4 rings (SSSR count). The van der Waals surface area contributed by atoms with E-state index >= 15 is 0 Å². The average molecular weight is 422 g/mol. The van der Waals surface area contributed by atoms with Gasteiger partial charge < -0.3 is 5.11 Å². The molecule has 0 aromatic heterocycles. The predicted octanol–water partition coefficient (Wildman–Crippen LogP) is 4.88. The Bertz CT molecular complexity index is 659. The molecule has 0 saturated heterocycles. The number of Topliss-reactive ketones (excluding diaryl/α,β-unsaturated/α-hetero) is 2. The molecule has 4 fully saturated rings. The molecule has 4 saturated carbocycles. The Labute approximate surface area is 170 Å². The van der Waals surface area contributed by atoms with Crippen LogP contribution in [-0.4, -0.2) is 26.1 Å². The number of aliphatic hydroxyl groups is 1. The van der Waals surface area contributed by atoms with Crippen molar-refractivity contribution in [3.63, 3.8) is 0 Å². The summed E-state index contributed by atoms with van der Waals surface area (Å²) in [5.41, 5.74) is -1.72. The Morgan fingerprint density at radius 2 is 1.73 bits per heavy atom. The number of hydrogen-bond donors (Lipinski definition) is 1. The topological polar surface area (TPSA) is 54.4 Å². The molecule has 4 aliphatic rings. The summed E-state index contributed by atoms with van der Waals surface area (Å²) >= 11 is 18.2. The van der Waals surface area contributed by atoms with Crippen molar-refractivity contribution in [3.8, 4) is 0 Å². The maximum Gasteiger partial charge on any atom is 0.218 e. The molecule has 0 aromatic rings. The van der Waals surface area contributed by atoms with Crippen LogP contribution in [0.25, 0.3) is 0 Å². The van der Waals surface area contributed by atoms with Crippen molar-refractivity contribution in [2.75, 3.05) is 0 Å². The largest absolute Gasteiger partial charge is 0.385 e. The fourth-order valence-electron chi connectivity index (χ4n) is 6.96. The van der Waals surface area contributed by atoms with Gasteiger partial charge in [-0.1, -0.05) is 48.7 Å². The minimum absolute atomic E-state index is 0.0135. The van der Waals surface area contributed by atoms with E-state index in [0.29, 0.717) is 31.5 Å². The van der Waals surface area contributed by atoms with Crippen LogP contribution in [0.2, 0.25) is 0 Å². The summed E-state index contributed by atoms with van der Waals surface area (Å²) in [4.78, 5) is 25.7. The van der Waals surface area contributed by atoms with E-state index in [0.717, 1.165) is 25.7 Å². The minimum atomic E-state index is -1.74. The molecule has 3 nitrogen and oxygen atoms in total. The van der Waals surface area contributed by atoms with Gasteiger partial charge in [0.25, 0.3) is 0 Å². The molecule has 0 aliphatic heterocycles. The van der Waals surface area contributed by atoms with Crippen LogP contribution in [0, 0.1) is 34.5 Å². The van der Waals surface area contributed by atoms with Crippen molar-refractivity contribution in [3.05, 3.63) is 0 Å². The van der Waals surface area contributed by atoms with Gasteiger partial charge in [0.2, 0.25) is 3.79 Å². The van der Waals surface area contributed by atoms with Gasteiger partial charge in [-0.3, -0.25) is 9.59 Å². The average Bonchev–Trinajstić information content (AvgIpc) is 2.84. The SMILES string of the molecule is C[C@]12CC[C@](O)(C(Cl)(Cl)Cl)C[C@H]1CC(=O)[C@@H]1[C@@H]2CC[C@]2(C)C(=O)CC[C@@H]12. The molecular weight excluding hydrogens is 395 g/mol. The summed E-state index contributed by atoms with van der Waals surface area (Å²) in [6, 6.07) is 0. The third-order valence-electron chi connectivity index (χ3n) is 8.77. The zero-order valence-corrected chi connectivity index (χ0v) is 17.6. The molecule has 6 heteroatoms. The first kappa shape index (κ1) is 19.5. The number of halogens is 3. The maximum absolute atomic E-state index is 13.2. The lowest BCUT2D eigenvalue weighted by atomic mass is 9.44. The number of rotatable bonds is 0. The lowest BCUT2D eigenvalue weighted by molar-refractivity contribution is -0.167. The van der Waals surface area contributed by atoms with E-state index in [1.54, 1.807) is 0 Å². The second-order valence-corrected chi connectivity index (χ2v) is 12.0. The van der Waals surface area contributed by atoms with E-state index in [4.69, 9.17) is 34.8 Å². The van der Waals surface area contributed by atoms with Crippen molar-refractivity contribution >= 4 is 46.4 Å². The Balaban J connectivity index is 1.66. The van der Waals surface area contributed by atoms with Gasteiger partial charge in [-0.15, -0.1) is 0 Å². The number of carbonyl (C=O) groups is 2. The molecule has 146 valence electrons. The molecule has 7 atom stereocenters. The van der Waals surface area contributed by atoms with Crippen LogP contribution in [0.3, 0.4) is 0 Å². The lowest BCUT2D eigenvalue weighted by Crippen LogP contribution is -2.60. The van der Waals surface area contributed by atoms with Crippen LogP contribution in [0.5, 0.6) is 0 Å². The second kappa shape index (κ2) is 5.84. The van der Waals surface area contributed by atoms with E-state index in [1.807, 2.05) is 0 Å². The Hall–Kier alpha value is 0.170. The molecular formula is C20H27Cl3O3. The summed E-state index contributed by atoms with van der Waals surface area (Å²) in [6.45, 7) is 4.34. The third kappa shape index (κ3) is 2.49. The molecule has 0 heterocycles.